The van der Waals surface area contributed by atoms with E-state index in [9.17, 15) is 35.0 Å². The molecule has 216 valence electrons. The highest BCUT2D eigenvalue weighted by atomic mass is 16.7. The molecule has 3 aliphatic carbocycles. The molecule has 1 amide bonds. The average Bonchev–Trinajstić information content (AvgIpc) is 3.35. The normalized spacial score (nSPS) is 29.7. The molecule has 2 aromatic carbocycles. The Kier molecular flexibility index (Phi) is 5.56. The number of amides is 1. The zero-order chi connectivity index (χ0) is 30.5. The topological polar surface area (TPSA) is 235 Å². The Hall–Kier alpha value is -4.90. The molecule has 13 heteroatoms. The highest BCUT2D eigenvalue weighted by Crippen LogP contribution is 2.59. The van der Waals surface area contributed by atoms with E-state index in [1.165, 1.54) is 25.1 Å². The third kappa shape index (κ3) is 3.14. The SMILES string of the molecule is CN(C)[C@@H]1C(=O)C(C(N)=O)=C(O)[C@@]2(C#N)C(=O)C3=C(O)c4c(O)ccc(-c5ccc6c(c5)OCO6)c4C[C@@]3(N)C[C@@]12N. The van der Waals surface area contributed by atoms with Crippen LogP contribution >= 0.6 is 0 Å². The number of hydrogen-bond acceptors (Lipinski definition) is 12. The predicted octanol–water partition coefficient (Wildman–Crippen LogP) is 0.301. The molecule has 0 aromatic heterocycles. The number of phenolic OH excluding ortho intramolecular Hbond substituents is 1. The lowest BCUT2D eigenvalue weighted by Crippen LogP contribution is -2.80. The maximum absolute atomic E-state index is 14.4. The third-order valence-corrected chi connectivity index (χ3v) is 8.82. The molecule has 1 fully saturated rings. The van der Waals surface area contributed by atoms with Crippen molar-refractivity contribution in [2.24, 2.45) is 22.6 Å². The molecule has 1 saturated carbocycles. The number of likely N-dealkylation sites (N-methyl/N-ethyl adjacent to an activating group) is 1. The molecule has 1 aliphatic heterocycles. The van der Waals surface area contributed by atoms with E-state index in [2.05, 4.69) is 0 Å². The number of primary amides is 1. The van der Waals surface area contributed by atoms with Crippen molar-refractivity contribution in [1.82, 2.24) is 4.90 Å². The molecule has 0 radical (unpaired) electrons. The van der Waals surface area contributed by atoms with Crippen LogP contribution in [0, 0.1) is 16.7 Å². The van der Waals surface area contributed by atoms with Gasteiger partial charge in [-0.3, -0.25) is 19.3 Å². The monoisotopic (exact) mass is 573 g/mol. The fraction of sp³-hybridized carbons (Fsp3) is 0.310. The maximum atomic E-state index is 14.4. The Morgan fingerprint density at radius 1 is 1.10 bits per heavy atom. The van der Waals surface area contributed by atoms with Gasteiger partial charge in [0.2, 0.25) is 6.79 Å². The number of nitrogens with two attached hydrogens (primary N) is 3. The Balaban J connectivity index is 1.64. The van der Waals surface area contributed by atoms with Crippen LogP contribution in [0.1, 0.15) is 17.5 Å². The van der Waals surface area contributed by atoms with Crippen LogP contribution in [0.15, 0.2) is 47.2 Å². The number of nitrogens with zero attached hydrogens (tertiary/aromatic N) is 2. The number of carbonyl (C=O) groups excluding carboxylic acids is 3. The van der Waals surface area contributed by atoms with Gasteiger partial charge in [0.1, 0.15) is 22.8 Å². The summed E-state index contributed by atoms with van der Waals surface area (Å²) >= 11 is 0. The highest BCUT2D eigenvalue weighted by molar-refractivity contribution is 6.25. The quantitative estimate of drug-likeness (QED) is 0.272. The second kappa shape index (κ2) is 8.56. The molecule has 0 spiro atoms. The van der Waals surface area contributed by atoms with Crippen LogP contribution in [0.5, 0.6) is 17.2 Å². The number of nitriles is 1. The fourth-order valence-electron chi connectivity index (χ4n) is 7.17. The number of rotatable bonds is 3. The summed E-state index contributed by atoms with van der Waals surface area (Å²) in [4.78, 5) is 41.6. The number of aromatic hydroxyl groups is 1. The van der Waals surface area contributed by atoms with Gasteiger partial charge in [-0.1, -0.05) is 12.1 Å². The number of aliphatic hydroxyl groups excluding tert-OH is 2. The molecule has 6 rings (SSSR count). The minimum Gasteiger partial charge on any atom is -0.509 e. The van der Waals surface area contributed by atoms with Crippen molar-refractivity contribution in [2.45, 2.75) is 30.0 Å². The van der Waals surface area contributed by atoms with Gasteiger partial charge in [0.05, 0.1) is 34.3 Å². The minimum atomic E-state index is -2.71. The lowest BCUT2D eigenvalue weighted by Gasteiger charge is -2.58. The zero-order valence-electron chi connectivity index (χ0n) is 22.6. The van der Waals surface area contributed by atoms with Gasteiger partial charge in [0.25, 0.3) is 5.91 Å². The molecular formula is C29H27N5O8. The summed E-state index contributed by atoms with van der Waals surface area (Å²) in [5.41, 5.74) is 12.6. The maximum Gasteiger partial charge on any atom is 0.255 e. The second-order valence-electron chi connectivity index (χ2n) is 11.3. The molecule has 0 saturated heterocycles. The van der Waals surface area contributed by atoms with E-state index in [1.54, 1.807) is 30.3 Å². The van der Waals surface area contributed by atoms with Gasteiger partial charge in [0.15, 0.2) is 28.5 Å². The minimum absolute atomic E-state index is 0.0527. The van der Waals surface area contributed by atoms with Gasteiger partial charge < -0.3 is 42.0 Å². The number of carbonyl (C=O) groups is 3. The van der Waals surface area contributed by atoms with Crippen LogP contribution in [-0.2, 0) is 20.8 Å². The molecule has 9 N–H and O–H groups in total. The second-order valence-corrected chi connectivity index (χ2v) is 11.3. The number of ketones is 2. The molecule has 0 bridgehead atoms. The van der Waals surface area contributed by atoms with E-state index in [0.29, 0.717) is 28.2 Å². The summed E-state index contributed by atoms with van der Waals surface area (Å²) in [7, 11) is 2.92. The van der Waals surface area contributed by atoms with Crippen LogP contribution in [0.3, 0.4) is 0 Å². The summed E-state index contributed by atoms with van der Waals surface area (Å²) in [6.45, 7) is 0.0527. The van der Waals surface area contributed by atoms with Gasteiger partial charge in [0, 0.05) is 0 Å². The highest BCUT2D eigenvalue weighted by Gasteiger charge is 2.74. The van der Waals surface area contributed by atoms with Crippen molar-refractivity contribution >= 4 is 23.2 Å². The summed E-state index contributed by atoms with van der Waals surface area (Å²) in [5.74, 6) is -4.77. The molecule has 13 nitrogen and oxygen atoms in total. The first-order valence-electron chi connectivity index (χ1n) is 12.9. The molecule has 1 heterocycles. The lowest BCUT2D eigenvalue weighted by molar-refractivity contribution is -0.139. The van der Waals surface area contributed by atoms with E-state index >= 15 is 0 Å². The van der Waals surface area contributed by atoms with E-state index in [4.69, 9.17) is 26.7 Å². The molecule has 0 unspecified atom stereocenters. The summed E-state index contributed by atoms with van der Waals surface area (Å²) in [6.07, 6.45) is -0.618. The van der Waals surface area contributed by atoms with Gasteiger partial charge in [-0.25, -0.2) is 0 Å². The van der Waals surface area contributed by atoms with Crippen LogP contribution in [-0.4, -0.2) is 75.7 Å². The Morgan fingerprint density at radius 2 is 1.79 bits per heavy atom. The first-order valence-corrected chi connectivity index (χ1v) is 12.9. The van der Waals surface area contributed by atoms with Crippen LogP contribution in [0.25, 0.3) is 16.9 Å². The van der Waals surface area contributed by atoms with Crippen molar-refractivity contribution in [1.29, 1.82) is 5.26 Å². The van der Waals surface area contributed by atoms with E-state index < -0.39 is 69.1 Å². The van der Waals surface area contributed by atoms with Crippen LogP contribution < -0.4 is 26.7 Å². The number of hydrogen-bond donors (Lipinski definition) is 6. The van der Waals surface area contributed by atoms with Crippen molar-refractivity contribution in [3.05, 3.63) is 58.4 Å². The van der Waals surface area contributed by atoms with Crippen molar-refractivity contribution in [3.63, 3.8) is 0 Å². The van der Waals surface area contributed by atoms with Crippen molar-refractivity contribution in [3.8, 4) is 34.4 Å². The largest absolute Gasteiger partial charge is 0.509 e. The molecule has 4 atom stereocenters. The standard InChI is InChI=1S/C29H27N5O8/c1-34(2)23-22(37)19(26(31)40)24(38)28(10-30)25(39)20-21(36)18-14(8-27(20,32)9-29(23,28)33)13(4-5-15(18)35)12-3-6-16-17(7-12)42-11-41-16/h3-7,23,35-36,38H,8-9,11,32-33H2,1-2H3,(H2,31,40)/t23-,27-,28+,29-/m1/s1. The molecule has 42 heavy (non-hydrogen) atoms. The van der Waals surface area contributed by atoms with Crippen molar-refractivity contribution in [2.75, 3.05) is 20.9 Å². The van der Waals surface area contributed by atoms with Gasteiger partial charge in [-0.15, -0.1) is 0 Å². The Morgan fingerprint density at radius 3 is 2.43 bits per heavy atom. The van der Waals surface area contributed by atoms with Crippen LogP contribution in [0.4, 0.5) is 0 Å². The number of ether oxygens (including phenoxy) is 2. The van der Waals surface area contributed by atoms with Crippen LogP contribution in [0.2, 0.25) is 0 Å². The number of benzene rings is 2. The fourth-order valence-corrected chi connectivity index (χ4v) is 7.17. The number of fused-ring (bicyclic) bond motifs is 4. The lowest BCUT2D eigenvalue weighted by atomic mass is 9.47. The van der Waals surface area contributed by atoms with E-state index in [1.807, 2.05) is 0 Å². The molecule has 4 aliphatic rings. The first-order chi connectivity index (χ1) is 19.7. The summed E-state index contributed by atoms with van der Waals surface area (Å²) in [6, 6.07) is 8.43. The van der Waals surface area contributed by atoms with Gasteiger partial charge >= 0.3 is 0 Å². The third-order valence-electron chi connectivity index (χ3n) is 8.82. The van der Waals surface area contributed by atoms with Crippen molar-refractivity contribution < 1.29 is 39.2 Å². The Bertz CT molecular complexity index is 1760. The van der Waals surface area contributed by atoms with E-state index in [0.717, 1.165) is 0 Å². The average molecular weight is 574 g/mol. The van der Waals surface area contributed by atoms with Gasteiger partial charge in [-0.05, 0) is 61.8 Å². The number of aliphatic hydroxyl groups is 2. The van der Waals surface area contributed by atoms with Gasteiger partial charge in [-0.2, -0.15) is 5.26 Å². The number of phenols is 1. The number of Topliss-reactive ketones (excluding diaryl/α,β-unsaturated/α-hetero) is 2. The zero-order valence-corrected chi connectivity index (χ0v) is 22.6. The Labute approximate surface area is 239 Å². The summed E-state index contributed by atoms with van der Waals surface area (Å²) in [5, 5.41) is 44.3. The summed E-state index contributed by atoms with van der Waals surface area (Å²) < 4.78 is 10.9. The molecular weight excluding hydrogens is 546 g/mol. The molecule has 2 aromatic rings. The first kappa shape index (κ1) is 27.3. The van der Waals surface area contributed by atoms with E-state index in [-0.39, 0.29) is 24.5 Å². The smallest absolute Gasteiger partial charge is 0.255 e. The predicted molar refractivity (Wildman–Crippen MR) is 146 cm³/mol.